The zero-order chi connectivity index (χ0) is 16.5. The lowest BCUT2D eigenvalue weighted by molar-refractivity contribution is -0.127. The predicted molar refractivity (Wildman–Crippen MR) is 97.2 cm³/mol. The van der Waals surface area contributed by atoms with E-state index in [2.05, 4.69) is 17.4 Å². The van der Waals surface area contributed by atoms with E-state index in [9.17, 15) is 4.79 Å². The number of hydrogen-bond donors (Lipinski definition) is 1. The molecule has 3 nitrogen and oxygen atoms in total. The Labute approximate surface area is 146 Å². The Morgan fingerprint density at radius 3 is 2.57 bits per heavy atom. The number of benzene rings is 2. The molecule has 0 aliphatic heterocycles. The molecule has 0 aliphatic carbocycles. The summed E-state index contributed by atoms with van der Waals surface area (Å²) in [5, 5.41) is 3.53. The average Bonchev–Trinajstić information content (AvgIpc) is 2.57. The van der Waals surface area contributed by atoms with Gasteiger partial charge in [-0.1, -0.05) is 41.9 Å². The van der Waals surface area contributed by atoms with Crippen LogP contribution in [0.1, 0.15) is 12.5 Å². The Morgan fingerprint density at radius 2 is 1.87 bits per heavy atom. The number of amides is 1. The van der Waals surface area contributed by atoms with Crippen LogP contribution in [0.5, 0.6) is 5.75 Å². The van der Waals surface area contributed by atoms with Crippen molar-refractivity contribution in [2.75, 3.05) is 12.3 Å². The third-order valence-corrected chi connectivity index (χ3v) is 4.44. The van der Waals surface area contributed by atoms with Crippen LogP contribution in [0.2, 0.25) is 5.02 Å². The molecule has 0 aromatic heterocycles. The molecule has 0 saturated heterocycles. The molecule has 0 aliphatic rings. The van der Waals surface area contributed by atoms with Crippen molar-refractivity contribution in [3.8, 4) is 5.75 Å². The van der Waals surface area contributed by atoms with Crippen LogP contribution >= 0.6 is 23.4 Å². The van der Waals surface area contributed by atoms with Crippen LogP contribution in [0.3, 0.4) is 0 Å². The van der Waals surface area contributed by atoms with Crippen molar-refractivity contribution >= 4 is 29.3 Å². The molecular formula is C18H20ClNO2S. The molecule has 0 radical (unpaired) electrons. The maximum atomic E-state index is 12.0. The minimum absolute atomic E-state index is 0.111. The third kappa shape index (κ3) is 6.55. The predicted octanol–water partition coefficient (Wildman–Crippen LogP) is 4.16. The second-order valence-corrected chi connectivity index (χ2v) is 6.58. The Bertz CT molecular complexity index is 604. The molecule has 5 heteroatoms. The number of thioether (sulfide) groups is 1. The van der Waals surface area contributed by atoms with Crippen molar-refractivity contribution in [3.05, 3.63) is 65.2 Å². The summed E-state index contributed by atoms with van der Waals surface area (Å²) >= 11 is 7.61. The lowest BCUT2D eigenvalue weighted by Gasteiger charge is -2.14. The minimum atomic E-state index is -0.532. The van der Waals surface area contributed by atoms with Gasteiger partial charge in [0.1, 0.15) is 5.75 Å². The molecule has 0 bridgehead atoms. The van der Waals surface area contributed by atoms with E-state index in [0.29, 0.717) is 17.3 Å². The van der Waals surface area contributed by atoms with Crippen LogP contribution in [-0.2, 0) is 10.5 Å². The van der Waals surface area contributed by atoms with Crippen molar-refractivity contribution in [3.63, 3.8) is 0 Å². The first-order valence-electron chi connectivity index (χ1n) is 7.47. The van der Waals surface area contributed by atoms with Gasteiger partial charge in [0.05, 0.1) is 0 Å². The normalized spacial score (nSPS) is 11.7. The first-order valence-corrected chi connectivity index (χ1v) is 9.00. The standard InChI is InChI=1S/C18H20ClNO2S/c1-14(22-17-9-7-16(19)8-10-17)18(21)20-11-12-23-13-15-5-3-2-4-6-15/h2-10,14H,11-13H2,1H3,(H,20,21)/t14-/m0/s1. The van der Waals surface area contributed by atoms with Crippen LogP contribution in [0.15, 0.2) is 54.6 Å². The molecule has 0 unspecified atom stereocenters. The van der Waals surface area contributed by atoms with Gasteiger partial charge in [-0.15, -0.1) is 0 Å². The van der Waals surface area contributed by atoms with Crippen molar-refractivity contribution in [1.82, 2.24) is 5.32 Å². The van der Waals surface area contributed by atoms with E-state index in [1.165, 1.54) is 5.56 Å². The summed E-state index contributed by atoms with van der Waals surface area (Å²) in [6.07, 6.45) is -0.532. The minimum Gasteiger partial charge on any atom is -0.481 e. The van der Waals surface area contributed by atoms with Crippen LogP contribution < -0.4 is 10.1 Å². The van der Waals surface area contributed by atoms with Gasteiger partial charge >= 0.3 is 0 Å². The zero-order valence-corrected chi connectivity index (χ0v) is 14.6. The van der Waals surface area contributed by atoms with E-state index in [1.807, 2.05) is 18.2 Å². The van der Waals surface area contributed by atoms with Gasteiger partial charge in [-0.2, -0.15) is 11.8 Å². The Morgan fingerprint density at radius 1 is 1.17 bits per heavy atom. The van der Waals surface area contributed by atoms with Gasteiger partial charge in [-0.05, 0) is 36.8 Å². The van der Waals surface area contributed by atoms with Crippen LogP contribution in [0, 0.1) is 0 Å². The second-order valence-electron chi connectivity index (χ2n) is 5.04. The monoisotopic (exact) mass is 349 g/mol. The number of hydrogen-bond acceptors (Lipinski definition) is 3. The fourth-order valence-corrected chi connectivity index (χ4v) is 2.87. The summed E-state index contributed by atoms with van der Waals surface area (Å²) in [7, 11) is 0. The second kappa shape index (κ2) is 9.48. The average molecular weight is 350 g/mol. The topological polar surface area (TPSA) is 38.3 Å². The number of rotatable bonds is 8. The summed E-state index contributed by atoms with van der Waals surface area (Å²) in [6.45, 7) is 2.37. The first-order chi connectivity index (χ1) is 11.1. The summed E-state index contributed by atoms with van der Waals surface area (Å²) in [5.74, 6) is 2.35. The Balaban J connectivity index is 1.63. The molecule has 0 saturated carbocycles. The van der Waals surface area contributed by atoms with Crippen molar-refractivity contribution in [1.29, 1.82) is 0 Å². The Hall–Kier alpha value is -1.65. The number of nitrogens with one attached hydrogen (secondary N) is 1. The Kier molecular flexibility index (Phi) is 7.30. The number of carbonyl (C=O) groups is 1. The fraction of sp³-hybridized carbons (Fsp3) is 0.278. The van der Waals surface area contributed by atoms with Gasteiger partial charge in [0.2, 0.25) is 0 Å². The summed E-state index contributed by atoms with van der Waals surface area (Å²) < 4.78 is 5.58. The van der Waals surface area contributed by atoms with Crippen molar-refractivity contribution in [2.45, 2.75) is 18.8 Å². The van der Waals surface area contributed by atoms with E-state index in [-0.39, 0.29) is 5.91 Å². The maximum Gasteiger partial charge on any atom is 0.260 e. The van der Waals surface area contributed by atoms with Crippen molar-refractivity contribution in [2.24, 2.45) is 0 Å². The quantitative estimate of drug-likeness (QED) is 0.727. The van der Waals surface area contributed by atoms with Gasteiger partial charge < -0.3 is 10.1 Å². The molecule has 2 rings (SSSR count). The SMILES string of the molecule is C[C@H](Oc1ccc(Cl)cc1)C(=O)NCCSCc1ccccc1. The highest BCUT2D eigenvalue weighted by Crippen LogP contribution is 2.16. The van der Waals surface area contributed by atoms with E-state index < -0.39 is 6.10 Å². The number of halogens is 1. The summed E-state index contributed by atoms with van der Waals surface area (Å²) in [5.41, 5.74) is 1.29. The lowest BCUT2D eigenvalue weighted by atomic mass is 10.2. The van der Waals surface area contributed by atoms with E-state index in [4.69, 9.17) is 16.3 Å². The zero-order valence-electron chi connectivity index (χ0n) is 13.0. The first kappa shape index (κ1) is 17.7. The molecule has 2 aromatic carbocycles. The van der Waals surface area contributed by atoms with E-state index in [1.54, 1.807) is 43.0 Å². The van der Waals surface area contributed by atoms with E-state index >= 15 is 0 Å². The summed E-state index contributed by atoms with van der Waals surface area (Å²) in [4.78, 5) is 12.0. The molecule has 122 valence electrons. The van der Waals surface area contributed by atoms with Crippen molar-refractivity contribution < 1.29 is 9.53 Å². The number of ether oxygens (including phenoxy) is 1. The summed E-state index contributed by atoms with van der Waals surface area (Å²) in [6, 6.07) is 17.3. The number of carbonyl (C=O) groups excluding carboxylic acids is 1. The highest BCUT2D eigenvalue weighted by atomic mass is 35.5. The third-order valence-electron chi connectivity index (χ3n) is 3.15. The molecule has 1 amide bonds. The van der Waals surface area contributed by atoms with Crippen LogP contribution in [0.25, 0.3) is 0 Å². The van der Waals surface area contributed by atoms with Gasteiger partial charge in [-0.25, -0.2) is 0 Å². The van der Waals surface area contributed by atoms with E-state index in [0.717, 1.165) is 11.5 Å². The molecule has 23 heavy (non-hydrogen) atoms. The smallest absolute Gasteiger partial charge is 0.260 e. The molecule has 0 fully saturated rings. The van der Waals surface area contributed by atoms with Gasteiger partial charge in [0.15, 0.2) is 6.10 Å². The molecule has 1 atom stereocenters. The highest BCUT2D eigenvalue weighted by Gasteiger charge is 2.13. The van der Waals surface area contributed by atoms with Gasteiger partial charge in [0.25, 0.3) is 5.91 Å². The van der Waals surface area contributed by atoms with Gasteiger partial charge in [-0.3, -0.25) is 4.79 Å². The van der Waals surface area contributed by atoms with Gasteiger partial charge in [0, 0.05) is 23.1 Å². The molecule has 2 aromatic rings. The lowest BCUT2D eigenvalue weighted by Crippen LogP contribution is -2.37. The molecular weight excluding hydrogens is 330 g/mol. The highest BCUT2D eigenvalue weighted by molar-refractivity contribution is 7.98. The fourth-order valence-electron chi connectivity index (χ4n) is 1.93. The maximum absolute atomic E-state index is 12.0. The van der Waals surface area contributed by atoms with Crippen LogP contribution in [-0.4, -0.2) is 24.3 Å². The van der Waals surface area contributed by atoms with Crippen LogP contribution in [0.4, 0.5) is 0 Å². The largest absolute Gasteiger partial charge is 0.481 e. The molecule has 1 N–H and O–H groups in total. The molecule has 0 heterocycles. The molecule has 0 spiro atoms.